The molecular weight excluding hydrogens is 446 g/mol. The van der Waals surface area contributed by atoms with Crippen LogP contribution in [-0.2, 0) is 30.3 Å². The summed E-state index contributed by atoms with van der Waals surface area (Å²) < 4.78 is 10.1. The normalized spacial score (nSPS) is 14.0. The molecule has 0 saturated heterocycles. The van der Waals surface area contributed by atoms with Crippen LogP contribution in [0.5, 0.6) is 0 Å². The summed E-state index contributed by atoms with van der Waals surface area (Å²) in [4.78, 5) is 37.9. The van der Waals surface area contributed by atoms with Gasteiger partial charge in [-0.1, -0.05) is 82.2 Å². The fourth-order valence-electron chi connectivity index (χ4n) is 3.95. The monoisotopic (exact) mass is 491 g/mol. The molecule has 0 aromatic heterocycles. The first-order chi connectivity index (χ1) is 16.6. The number of aliphatic hydroxyl groups excluding tert-OH is 1. The third-order valence-electron chi connectivity index (χ3n) is 5.81. The van der Waals surface area contributed by atoms with Crippen LogP contribution in [0.2, 0.25) is 0 Å². The van der Waals surface area contributed by atoms with Crippen molar-refractivity contribution in [2.75, 3.05) is 7.11 Å². The zero-order valence-electron chi connectivity index (χ0n) is 22.2. The molecule has 0 saturated carbocycles. The lowest BCUT2D eigenvalue weighted by molar-refractivity contribution is -0.158. The molecule has 1 rings (SSSR count). The van der Waals surface area contributed by atoms with Crippen LogP contribution in [0.4, 0.5) is 0 Å². The second-order valence-electron chi connectivity index (χ2n) is 10.2. The number of rotatable bonds is 16. The first-order valence-corrected chi connectivity index (χ1v) is 12.9. The number of methoxy groups -OCH3 is 1. The van der Waals surface area contributed by atoms with Crippen molar-refractivity contribution >= 4 is 17.8 Å². The molecule has 0 aliphatic carbocycles. The smallest absolute Gasteiger partial charge is 0.336 e. The number of hydrogen-bond donors (Lipinski definition) is 2. The highest BCUT2D eigenvalue weighted by Gasteiger charge is 2.32. The number of carbonyl (C=O) groups excluding carboxylic acids is 3. The number of aliphatic hydroxyl groups is 1. The topological polar surface area (TPSA) is 102 Å². The van der Waals surface area contributed by atoms with E-state index in [0.717, 1.165) is 24.8 Å². The molecule has 3 atom stereocenters. The molecule has 0 aliphatic rings. The number of amides is 1. The molecule has 2 N–H and O–H groups in total. The Morgan fingerprint density at radius 2 is 1.57 bits per heavy atom. The molecule has 0 aliphatic heterocycles. The third-order valence-corrected chi connectivity index (χ3v) is 5.81. The molecule has 1 amide bonds. The van der Waals surface area contributed by atoms with Gasteiger partial charge in [0.25, 0.3) is 0 Å². The number of esters is 2. The van der Waals surface area contributed by atoms with Gasteiger partial charge in [0.15, 0.2) is 6.10 Å². The largest absolute Gasteiger partial charge is 0.467 e. The summed E-state index contributed by atoms with van der Waals surface area (Å²) >= 11 is 0. The lowest BCUT2D eigenvalue weighted by Crippen LogP contribution is -2.50. The van der Waals surface area contributed by atoms with Crippen molar-refractivity contribution < 1.29 is 29.0 Å². The second kappa shape index (κ2) is 16.3. The van der Waals surface area contributed by atoms with Crippen molar-refractivity contribution in [3.8, 4) is 0 Å². The Morgan fingerprint density at radius 3 is 2.14 bits per heavy atom. The summed E-state index contributed by atoms with van der Waals surface area (Å²) in [6.45, 7) is 7.55. The Balaban J connectivity index is 2.89. The molecule has 0 radical (unpaired) electrons. The van der Waals surface area contributed by atoms with Gasteiger partial charge in [-0.05, 0) is 39.2 Å². The number of ether oxygens (including phenoxy) is 2. The van der Waals surface area contributed by atoms with Crippen LogP contribution in [0.25, 0.3) is 0 Å². The van der Waals surface area contributed by atoms with Gasteiger partial charge in [0.2, 0.25) is 5.91 Å². The van der Waals surface area contributed by atoms with Crippen LogP contribution in [0.15, 0.2) is 30.3 Å². The molecule has 0 bridgehead atoms. The lowest BCUT2D eigenvalue weighted by Gasteiger charge is -2.26. The number of carbonyl (C=O) groups is 3. The minimum absolute atomic E-state index is 0.0503. The Labute approximate surface area is 211 Å². The van der Waals surface area contributed by atoms with Crippen molar-refractivity contribution in [2.24, 2.45) is 5.92 Å². The summed E-state index contributed by atoms with van der Waals surface area (Å²) in [6.07, 6.45) is 6.91. The number of nitrogens with one attached hydrogen (secondary N) is 1. The highest BCUT2D eigenvalue weighted by molar-refractivity contribution is 5.85. The number of hydrogen-bond acceptors (Lipinski definition) is 6. The minimum atomic E-state index is -1.52. The maximum atomic E-state index is 13.3. The molecule has 0 heterocycles. The van der Waals surface area contributed by atoms with Gasteiger partial charge < -0.3 is 19.9 Å². The van der Waals surface area contributed by atoms with Crippen LogP contribution >= 0.6 is 0 Å². The number of unbranched alkanes of at least 4 members (excludes halogenated alkanes) is 6. The van der Waals surface area contributed by atoms with Gasteiger partial charge in [-0.25, -0.2) is 4.79 Å². The molecule has 198 valence electrons. The summed E-state index contributed by atoms with van der Waals surface area (Å²) in [5.74, 6) is -2.23. The third kappa shape index (κ3) is 13.3. The highest BCUT2D eigenvalue weighted by atomic mass is 16.6. The van der Waals surface area contributed by atoms with Crippen molar-refractivity contribution in [2.45, 2.75) is 110 Å². The first kappa shape index (κ1) is 30.6. The van der Waals surface area contributed by atoms with Crippen LogP contribution in [0.1, 0.15) is 91.0 Å². The van der Waals surface area contributed by atoms with Gasteiger partial charge >= 0.3 is 11.9 Å². The van der Waals surface area contributed by atoms with Crippen molar-refractivity contribution in [3.63, 3.8) is 0 Å². The Morgan fingerprint density at radius 1 is 0.971 bits per heavy atom. The maximum Gasteiger partial charge on any atom is 0.336 e. The molecule has 1 aromatic rings. The molecule has 7 heteroatoms. The average molecular weight is 492 g/mol. The van der Waals surface area contributed by atoms with Gasteiger partial charge in [-0.2, -0.15) is 0 Å². The van der Waals surface area contributed by atoms with E-state index in [1.54, 1.807) is 20.8 Å². The standard InChI is InChI=1S/C28H45NO6/c1-6-7-8-9-10-11-15-18-22(20-24(30)35-28(2,3)4)26(32)29-23(25(31)27(33)34-5)19-21-16-13-12-14-17-21/h12-14,16-17,22-23,25,31H,6-11,15,18-20H2,1-5H3,(H,29,32)/t22-,23+,25-/m1/s1. The van der Waals surface area contributed by atoms with E-state index in [4.69, 9.17) is 9.47 Å². The van der Waals surface area contributed by atoms with E-state index in [2.05, 4.69) is 12.2 Å². The van der Waals surface area contributed by atoms with E-state index in [0.29, 0.717) is 6.42 Å². The first-order valence-electron chi connectivity index (χ1n) is 12.9. The Hall–Kier alpha value is -2.41. The van der Waals surface area contributed by atoms with E-state index in [-0.39, 0.29) is 18.7 Å². The summed E-state index contributed by atoms with van der Waals surface area (Å²) in [5.41, 5.74) is 0.213. The Kier molecular flexibility index (Phi) is 14.3. The molecule has 1 aromatic carbocycles. The second-order valence-corrected chi connectivity index (χ2v) is 10.2. The zero-order valence-corrected chi connectivity index (χ0v) is 22.2. The van der Waals surface area contributed by atoms with E-state index < -0.39 is 35.6 Å². The number of benzene rings is 1. The van der Waals surface area contributed by atoms with Crippen molar-refractivity contribution in [3.05, 3.63) is 35.9 Å². The van der Waals surface area contributed by atoms with Crippen LogP contribution in [0.3, 0.4) is 0 Å². The van der Waals surface area contributed by atoms with Gasteiger partial charge in [-0.15, -0.1) is 0 Å². The van der Waals surface area contributed by atoms with Gasteiger partial charge in [-0.3, -0.25) is 9.59 Å². The van der Waals surface area contributed by atoms with Gasteiger partial charge in [0.1, 0.15) is 5.60 Å². The van der Waals surface area contributed by atoms with Crippen LogP contribution < -0.4 is 5.32 Å². The average Bonchev–Trinajstić information content (AvgIpc) is 2.80. The molecule has 0 unspecified atom stereocenters. The SMILES string of the molecule is CCCCCCCCC[C@H](CC(=O)OC(C)(C)C)C(=O)N[C@@H](Cc1ccccc1)[C@@H](O)C(=O)OC. The maximum absolute atomic E-state index is 13.3. The fraction of sp³-hybridized carbons (Fsp3) is 0.679. The van der Waals surface area contributed by atoms with E-state index in [1.807, 2.05) is 30.3 Å². The quantitative estimate of drug-likeness (QED) is 0.256. The predicted octanol–water partition coefficient (Wildman–Crippen LogP) is 4.74. The van der Waals surface area contributed by atoms with Crippen LogP contribution in [0, 0.1) is 5.92 Å². The van der Waals surface area contributed by atoms with Crippen LogP contribution in [-0.4, -0.2) is 47.8 Å². The molecule has 0 fully saturated rings. The van der Waals surface area contributed by atoms with E-state index in [9.17, 15) is 19.5 Å². The summed E-state index contributed by atoms with van der Waals surface area (Å²) in [7, 11) is 1.19. The molecule has 0 spiro atoms. The Bertz CT molecular complexity index is 758. The molecular formula is C28H45NO6. The fourth-order valence-corrected chi connectivity index (χ4v) is 3.95. The molecule has 35 heavy (non-hydrogen) atoms. The van der Waals surface area contributed by atoms with Gasteiger partial charge in [0.05, 0.1) is 19.6 Å². The van der Waals surface area contributed by atoms with E-state index >= 15 is 0 Å². The molecule has 7 nitrogen and oxygen atoms in total. The summed E-state index contributed by atoms with van der Waals surface area (Å²) in [5, 5.41) is 13.4. The van der Waals surface area contributed by atoms with Crippen molar-refractivity contribution in [1.82, 2.24) is 5.32 Å². The lowest BCUT2D eigenvalue weighted by atomic mass is 9.94. The zero-order chi connectivity index (χ0) is 26.3. The van der Waals surface area contributed by atoms with Crippen molar-refractivity contribution in [1.29, 1.82) is 0 Å². The van der Waals surface area contributed by atoms with Gasteiger partial charge in [0, 0.05) is 5.92 Å². The highest BCUT2D eigenvalue weighted by Crippen LogP contribution is 2.20. The predicted molar refractivity (Wildman–Crippen MR) is 137 cm³/mol. The van der Waals surface area contributed by atoms with E-state index in [1.165, 1.54) is 32.8 Å². The summed E-state index contributed by atoms with van der Waals surface area (Å²) in [6, 6.07) is 8.41. The minimum Gasteiger partial charge on any atom is -0.467 e.